The van der Waals surface area contributed by atoms with Crippen LogP contribution in [-0.4, -0.2) is 214 Å². The molecule has 10 aliphatic rings. The summed E-state index contributed by atoms with van der Waals surface area (Å²) in [5, 5.41) is 47.0. The summed E-state index contributed by atoms with van der Waals surface area (Å²) in [7, 11) is -10.9. The molecule has 33 heteroatoms. The van der Waals surface area contributed by atoms with Crippen molar-refractivity contribution in [3.05, 3.63) is 131 Å². The van der Waals surface area contributed by atoms with Gasteiger partial charge in [-0.15, -0.1) is 35.1 Å². The van der Waals surface area contributed by atoms with E-state index in [9.17, 15) is 54.6 Å². The number of hydrogen-bond donors (Lipinski definition) is 5. The fraction of sp³-hybridized carbons (Fsp3) is 0.608. The van der Waals surface area contributed by atoms with Crippen LogP contribution in [0.15, 0.2) is 122 Å². The van der Waals surface area contributed by atoms with Crippen LogP contribution in [0.3, 0.4) is 0 Å². The van der Waals surface area contributed by atoms with Gasteiger partial charge in [0.25, 0.3) is 36.6 Å². The quantitative estimate of drug-likeness (QED) is 0.0312. The smallest absolute Gasteiger partial charge is 1.00 e. The number of rotatable bonds is 16. The number of ketones is 4. The van der Waals surface area contributed by atoms with E-state index in [0.29, 0.717) is 103 Å². The number of aliphatic hydroxyl groups excluding tert-OH is 1. The van der Waals surface area contributed by atoms with Crippen LogP contribution in [0.25, 0.3) is 0 Å². The molecule has 0 radical (unpaired) electrons. The number of nitrogens with zero attached hydrogens (tertiary/aromatic N) is 6. The van der Waals surface area contributed by atoms with Crippen LogP contribution >= 0.6 is 35.1 Å². The standard InChI is InChI=1S/C26H35N3O4S2.C19H26N2O6S3.C15H19NO.2C8H13NO.C2H6O.CH2O3.ClH.2K.H/c1-26(2,31)19-8-10-20(11-9-19)28-13-12-27(35(32,33)25-7-4-14-34-25)17-23(28)18-29-21-5-3-6-22(29)16-24(30)15-21;1-19(2,22)15-6-8-16(9-7-15)21-11-10-20(13-17(21)14-27-29(3,23)24)30(25,26)18-5-4-12-28-18;17-15-9-13-7-4-8-14(10-15)16(13)11-12-5-2-1-3-6-12;2*10-8-4-6-2-1-3-7(5-8)9-6;1-2-3;2-1-4-3;;;;/h4,7-11,14,21-23,31H,3,5-6,12-13,15-18H2,1-2H3;4-9,12,17,22H,10-11,13-14H2,1-3H3;1-3,5-6,13-14H,4,7-11H2;2*6-7,9H,1-5H2;3H,2H2,1H3;1,3H;1H;;;/q;;;;;;;;2*+1;-1/p-1/t21?,22?,23-;17-;;;;;;;;;/m11........./s1. The van der Waals surface area contributed by atoms with Crippen molar-refractivity contribution in [2.75, 3.05) is 75.1 Å². The van der Waals surface area contributed by atoms with Crippen LogP contribution in [0.4, 0.5) is 11.4 Å². The van der Waals surface area contributed by atoms with Crippen molar-refractivity contribution in [2.45, 2.75) is 250 Å². The second-order valence-electron chi connectivity index (χ2n) is 31.1. The molecule has 112 heavy (non-hydrogen) atoms. The Labute approximate surface area is 764 Å². The van der Waals surface area contributed by atoms with E-state index in [4.69, 9.17) is 19.3 Å². The number of Topliss-reactive ketones (excluding diaryl/α,β-unsaturated/α-hetero) is 4. The van der Waals surface area contributed by atoms with Crippen LogP contribution in [0.5, 0.6) is 0 Å². The minimum atomic E-state index is -3.68. The van der Waals surface area contributed by atoms with E-state index in [0.717, 1.165) is 111 Å². The minimum absolute atomic E-state index is 0. The van der Waals surface area contributed by atoms with Gasteiger partial charge in [-0.05, 0) is 150 Å². The molecular weight excluding hydrogens is 1610 g/mol. The Morgan fingerprint density at radius 2 is 0.875 bits per heavy atom. The van der Waals surface area contributed by atoms with Gasteiger partial charge >= 0.3 is 103 Å². The molecule has 5 N–H and O–H groups in total. The molecule has 10 atom stereocenters. The molecule has 15 rings (SSSR count). The van der Waals surface area contributed by atoms with Gasteiger partial charge in [-0.2, -0.15) is 17.0 Å². The number of anilines is 2. The zero-order chi connectivity index (χ0) is 78.7. The average molecular weight is 1720 g/mol. The van der Waals surface area contributed by atoms with Gasteiger partial charge < -0.3 is 47.3 Å². The Morgan fingerprint density at radius 1 is 0.527 bits per heavy atom. The molecule has 8 unspecified atom stereocenters. The third kappa shape index (κ3) is 29.3. The van der Waals surface area contributed by atoms with Crippen molar-refractivity contribution in [2.24, 2.45) is 0 Å². The van der Waals surface area contributed by atoms with Crippen molar-refractivity contribution in [1.29, 1.82) is 0 Å². The van der Waals surface area contributed by atoms with E-state index in [1.807, 2.05) is 41.3 Å². The second-order valence-corrected chi connectivity index (χ2v) is 39.0. The number of hydrogen-bond acceptors (Lipinski definition) is 25. The van der Waals surface area contributed by atoms with Crippen molar-refractivity contribution in [3.63, 3.8) is 0 Å². The number of nitrogens with one attached hydrogen (secondary N) is 2. The number of carbonyl (C=O) groups excluding carboxylic acids is 5. The maximum Gasteiger partial charge on any atom is 1.00 e. The topological polar surface area (TPSA) is 333 Å². The zero-order valence-electron chi connectivity index (χ0n) is 67.2. The van der Waals surface area contributed by atoms with Crippen LogP contribution in [-0.2, 0) is 81.0 Å². The molecule has 2 aromatic heterocycles. The molecule has 8 bridgehead atoms. The summed E-state index contributed by atoms with van der Waals surface area (Å²) in [5.41, 5.74) is 2.91. The summed E-state index contributed by atoms with van der Waals surface area (Å²) < 4.78 is 84.3. The number of benzene rings is 3. The predicted octanol–water partition coefficient (Wildman–Crippen LogP) is 2.74. The van der Waals surface area contributed by atoms with Crippen molar-refractivity contribution >= 4 is 106 Å². The van der Waals surface area contributed by atoms with E-state index >= 15 is 0 Å². The molecule has 3 aromatic carbocycles. The SMILES string of the molecule is CC(C)(O)c1ccc(N2CCN(S(=O)(=O)c3cccs3)C[C@@H]2CN2C3CCCC2CC(=O)C3)cc1.CC(C)(O)c1ccc(N2CCN(S(=O)(=O)c3cccs3)C[C@@H]2COS(C)(=O)=O)cc1.CCO.Cl.O=C1CC2CCCC(C1)N2.O=C1CC2CCCC(C1)N2.O=C1CC2CCCC(C1)N2Cc1ccccc1.O=CO[O-].[H-].[K+].[K+]. The third-order valence-electron chi connectivity index (χ3n) is 22.0. The van der Waals surface area contributed by atoms with Gasteiger partial charge in [0.2, 0.25) is 0 Å². The molecular formula is C79H115ClK2N8O17S5. The van der Waals surface area contributed by atoms with Crippen molar-refractivity contribution in [3.8, 4) is 0 Å². The van der Waals surface area contributed by atoms with Crippen LogP contribution < -0.4 is 128 Å². The Morgan fingerprint density at radius 3 is 1.22 bits per heavy atom. The first-order chi connectivity index (χ1) is 51.8. The van der Waals surface area contributed by atoms with Gasteiger partial charge in [-0.1, -0.05) is 92.4 Å². The summed E-state index contributed by atoms with van der Waals surface area (Å²) in [4.78, 5) is 66.6. The van der Waals surface area contributed by atoms with Gasteiger partial charge in [0, 0.05) is 170 Å². The number of halogens is 1. The zero-order valence-corrected chi connectivity index (χ0v) is 77.4. The summed E-state index contributed by atoms with van der Waals surface area (Å²) in [5.74, 6) is 1.77. The minimum Gasteiger partial charge on any atom is -1.00 e. The normalized spacial score (nSPS) is 25.4. The van der Waals surface area contributed by atoms with Crippen molar-refractivity contribution < 1.29 is 183 Å². The summed E-state index contributed by atoms with van der Waals surface area (Å²) in [6.45, 7) is 12.5. The molecule has 10 saturated heterocycles. The fourth-order valence-corrected chi connectivity index (χ4v) is 22.4. The van der Waals surface area contributed by atoms with Gasteiger partial charge in [-0.3, -0.25) is 38.0 Å². The number of sulfonamides is 2. The van der Waals surface area contributed by atoms with Crippen LogP contribution in [0.1, 0.15) is 181 Å². The monoisotopic (exact) mass is 1720 g/mol. The molecule has 25 nitrogen and oxygen atoms in total. The Kier molecular flexibility index (Phi) is 41.0. The molecule has 5 aromatic rings. The van der Waals surface area contributed by atoms with Gasteiger partial charge in [0.1, 0.15) is 31.6 Å². The van der Waals surface area contributed by atoms with Crippen LogP contribution in [0, 0.1) is 0 Å². The maximum atomic E-state index is 13.4. The van der Waals surface area contributed by atoms with Gasteiger partial charge in [-0.25, -0.2) is 16.8 Å². The van der Waals surface area contributed by atoms with Crippen LogP contribution in [0.2, 0.25) is 0 Å². The van der Waals surface area contributed by atoms with E-state index in [2.05, 4.69) is 60.6 Å². The fourth-order valence-electron chi connectivity index (χ4n) is 16.7. The summed E-state index contributed by atoms with van der Waals surface area (Å²) >= 11 is 2.41. The first-order valence-electron chi connectivity index (χ1n) is 38.4. The molecule has 612 valence electrons. The van der Waals surface area contributed by atoms with Gasteiger partial charge in [0.15, 0.2) is 0 Å². The number of piperidine rings is 8. The first-order valence-corrected chi connectivity index (χ1v) is 44.9. The Bertz CT molecular complexity index is 3990. The summed E-state index contributed by atoms with van der Waals surface area (Å²) in [6.07, 6.45) is 21.3. The van der Waals surface area contributed by atoms with E-state index in [-0.39, 0.29) is 172 Å². The Hall–Kier alpha value is -2.22. The molecule has 0 spiro atoms. The van der Waals surface area contributed by atoms with E-state index in [1.165, 1.54) is 79.0 Å². The Balaban J connectivity index is 0.000000262. The number of fused-ring (bicyclic) bond motifs is 8. The number of carbonyl (C=O) groups is 5. The predicted molar refractivity (Wildman–Crippen MR) is 428 cm³/mol. The number of aliphatic hydroxyl groups is 3. The molecule has 0 aliphatic carbocycles. The molecule has 10 aliphatic heterocycles. The number of thiophene rings is 2. The molecule has 0 saturated carbocycles. The largest absolute Gasteiger partial charge is 1.00 e. The number of piperazine rings is 2. The van der Waals surface area contributed by atoms with E-state index < -0.39 is 47.4 Å². The third-order valence-corrected chi connectivity index (χ3v) is 29.0. The average Bonchev–Trinajstić information content (AvgIpc) is 1.62. The maximum absolute atomic E-state index is 13.4. The second kappa shape index (κ2) is 46.5. The van der Waals surface area contributed by atoms with Gasteiger partial charge in [0.05, 0.1) is 36.1 Å². The molecule has 12 heterocycles. The van der Waals surface area contributed by atoms with Crippen molar-refractivity contribution in [1.82, 2.24) is 29.0 Å². The van der Waals surface area contributed by atoms with E-state index in [1.54, 1.807) is 86.1 Å². The summed E-state index contributed by atoms with van der Waals surface area (Å²) in [6, 6.07) is 35.7. The molecule has 10 fully saturated rings. The first kappa shape index (κ1) is 98.6. The molecule has 0 amide bonds.